The third-order valence-corrected chi connectivity index (χ3v) is 4.39. The summed E-state index contributed by atoms with van der Waals surface area (Å²) in [7, 11) is 0. The minimum atomic E-state index is -0.587. The lowest BCUT2D eigenvalue weighted by molar-refractivity contribution is -0.129. The maximum atomic E-state index is 12.7. The van der Waals surface area contributed by atoms with Gasteiger partial charge in [-0.15, -0.1) is 0 Å². The number of amides is 1. The summed E-state index contributed by atoms with van der Waals surface area (Å²) in [6.45, 7) is 10.0. The van der Waals surface area contributed by atoms with E-state index in [9.17, 15) is 14.7 Å². The second-order valence-electron chi connectivity index (χ2n) is 6.71. The minimum absolute atomic E-state index is 0.182. The van der Waals surface area contributed by atoms with Crippen LogP contribution in [0, 0.1) is 5.92 Å². The molecule has 5 heteroatoms. The Labute approximate surface area is 155 Å². The molecule has 140 valence electrons. The lowest BCUT2D eigenvalue weighted by Gasteiger charge is -2.27. The predicted molar refractivity (Wildman–Crippen MR) is 101 cm³/mol. The van der Waals surface area contributed by atoms with E-state index in [1.54, 1.807) is 24.8 Å². The molecule has 0 saturated carbocycles. The van der Waals surface area contributed by atoms with Crippen molar-refractivity contribution in [1.29, 1.82) is 0 Å². The van der Waals surface area contributed by atoms with E-state index in [0.29, 0.717) is 18.9 Å². The average Bonchev–Trinajstić information content (AvgIpc) is 2.88. The van der Waals surface area contributed by atoms with Crippen LogP contribution < -0.4 is 4.74 Å². The molecule has 1 aromatic carbocycles. The van der Waals surface area contributed by atoms with Crippen LogP contribution in [0.15, 0.2) is 48.3 Å². The molecule has 0 saturated heterocycles. The highest BCUT2D eigenvalue weighted by atomic mass is 16.5. The Bertz CT molecular complexity index is 720. The molecular formula is C21H27NO4. The number of hydrogen-bond acceptors (Lipinski definition) is 4. The molecule has 1 heterocycles. The van der Waals surface area contributed by atoms with Crippen molar-refractivity contribution in [2.75, 3.05) is 13.2 Å². The van der Waals surface area contributed by atoms with Gasteiger partial charge in [-0.25, -0.2) is 0 Å². The van der Waals surface area contributed by atoms with Crippen molar-refractivity contribution in [3.8, 4) is 5.75 Å². The van der Waals surface area contributed by atoms with Crippen LogP contribution in [0.2, 0.25) is 0 Å². The van der Waals surface area contributed by atoms with Crippen LogP contribution in [0.1, 0.15) is 45.2 Å². The molecule has 1 aliphatic heterocycles. The van der Waals surface area contributed by atoms with Crippen LogP contribution in [-0.2, 0) is 9.59 Å². The van der Waals surface area contributed by atoms with Gasteiger partial charge in [0.05, 0.1) is 11.6 Å². The fourth-order valence-corrected chi connectivity index (χ4v) is 3.05. The van der Waals surface area contributed by atoms with Gasteiger partial charge >= 0.3 is 0 Å². The van der Waals surface area contributed by atoms with E-state index < -0.39 is 17.7 Å². The zero-order valence-corrected chi connectivity index (χ0v) is 15.7. The van der Waals surface area contributed by atoms with Crippen molar-refractivity contribution in [3.63, 3.8) is 0 Å². The second kappa shape index (κ2) is 8.70. The van der Waals surface area contributed by atoms with Gasteiger partial charge in [0.15, 0.2) is 11.5 Å². The molecule has 1 aromatic rings. The number of ether oxygens (including phenoxy) is 1. The van der Waals surface area contributed by atoms with Crippen LogP contribution in [0.5, 0.6) is 5.75 Å². The van der Waals surface area contributed by atoms with Crippen molar-refractivity contribution in [1.82, 2.24) is 4.90 Å². The number of Topliss-reactive ketones (excluding diaryl/α,β-unsaturated/α-hetero) is 1. The third kappa shape index (κ3) is 3.98. The minimum Gasteiger partial charge on any atom is -0.503 e. The quantitative estimate of drug-likeness (QED) is 0.679. The van der Waals surface area contributed by atoms with Gasteiger partial charge in [-0.3, -0.25) is 9.59 Å². The van der Waals surface area contributed by atoms with Crippen molar-refractivity contribution in [3.05, 3.63) is 53.8 Å². The second-order valence-corrected chi connectivity index (χ2v) is 6.71. The zero-order chi connectivity index (χ0) is 19.3. The van der Waals surface area contributed by atoms with Crippen molar-refractivity contribution < 1.29 is 19.4 Å². The van der Waals surface area contributed by atoms with E-state index in [4.69, 9.17) is 4.74 Å². The standard InChI is InChI=1S/C21H27NO4/c1-5-7-11-22-18(15-9-8-10-16(13-15)26-12-6-2)17(19(23)14(3)4)20(24)21(22)25/h6,8-10,13-14,18,24H,2,5,7,11-12H2,1,3-4H3. The molecule has 1 amide bonds. The highest BCUT2D eigenvalue weighted by Crippen LogP contribution is 2.39. The summed E-state index contributed by atoms with van der Waals surface area (Å²) in [4.78, 5) is 26.9. The van der Waals surface area contributed by atoms with Crippen molar-refractivity contribution in [2.24, 2.45) is 5.92 Å². The Balaban J connectivity index is 2.48. The third-order valence-electron chi connectivity index (χ3n) is 4.39. The molecule has 0 radical (unpaired) electrons. The molecule has 0 bridgehead atoms. The highest BCUT2D eigenvalue weighted by molar-refractivity contribution is 6.09. The van der Waals surface area contributed by atoms with Gasteiger partial charge in [0.25, 0.3) is 5.91 Å². The van der Waals surface area contributed by atoms with E-state index >= 15 is 0 Å². The number of hydrogen-bond donors (Lipinski definition) is 1. The summed E-state index contributed by atoms with van der Waals surface area (Å²) in [6, 6.07) is 6.71. The lowest BCUT2D eigenvalue weighted by Crippen LogP contribution is -2.32. The Morgan fingerprint density at radius 1 is 1.42 bits per heavy atom. The van der Waals surface area contributed by atoms with Gasteiger partial charge in [-0.1, -0.05) is 52.0 Å². The van der Waals surface area contributed by atoms with Crippen molar-refractivity contribution in [2.45, 2.75) is 39.7 Å². The average molecular weight is 357 g/mol. The van der Waals surface area contributed by atoms with E-state index in [1.807, 2.05) is 31.2 Å². The summed E-state index contributed by atoms with van der Waals surface area (Å²) in [6.07, 6.45) is 3.36. The molecular weight excluding hydrogens is 330 g/mol. The molecule has 2 rings (SSSR count). The molecule has 26 heavy (non-hydrogen) atoms. The van der Waals surface area contributed by atoms with Crippen LogP contribution in [0.25, 0.3) is 0 Å². The number of carbonyl (C=O) groups is 2. The maximum Gasteiger partial charge on any atom is 0.290 e. The van der Waals surface area contributed by atoms with Crippen LogP contribution >= 0.6 is 0 Å². The van der Waals surface area contributed by atoms with Gasteiger partial charge < -0.3 is 14.7 Å². The zero-order valence-electron chi connectivity index (χ0n) is 15.7. The van der Waals surface area contributed by atoms with Crippen LogP contribution in [0.4, 0.5) is 0 Å². The summed E-state index contributed by atoms with van der Waals surface area (Å²) in [5.74, 6) is -0.800. The Morgan fingerprint density at radius 2 is 2.15 bits per heavy atom. The summed E-state index contributed by atoms with van der Waals surface area (Å²) < 4.78 is 5.58. The largest absolute Gasteiger partial charge is 0.503 e. The summed E-state index contributed by atoms with van der Waals surface area (Å²) in [5, 5.41) is 10.4. The van der Waals surface area contributed by atoms with E-state index in [1.165, 1.54) is 0 Å². The van der Waals surface area contributed by atoms with E-state index in [0.717, 1.165) is 18.4 Å². The van der Waals surface area contributed by atoms with Crippen LogP contribution in [0.3, 0.4) is 0 Å². The van der Waals surface area contributed by atoms with Crippen LogP contribution in [-0.4, -0.2) is 34.8 Å². The monoisotopic (exact) mass is 357 g/mol. The lowest BCUT2D eigenvalue weighted by atomic mass is 9.91. The number of rotatable bonds is 9. The molecule has 5 nitrogen and oxygen atoms in total. The van der Waals surface area contributed by atoms with Gasteiger partial charge in [-0.05, 0) is 24.1 Å². The summed E-state index contributed by atoms with van der Waals surface area (Å²) in [5.41, 5.74) is 0.936. The Kier molecular flexibility index (Phi) is 6.61. The molecule has 0 spiro atoms. The number of aliphatic hydroxyl groups excluding tert-OH is 1. The maximum absolute atomic E-state index is 12.7. The topological polar surface area (TPSA) is 66.8 Å². The first-order valence-corrected chi connectivity index (χ1v) is 9.04. The fraction of sp³-hybridized carbons (Fsp3) is 0.429. The molecule has 1 aliphatic rings. The Hall–Kier alpha value is -2.56. The number of unbranched alkanes of at least 4 members (excludes halogenated alkanes) is 1. The van der Waals surface area contributed by atoms with Gasteiger partial charge in [0.1, 0.15) is 12.4 Å². The normalized spacial score (nSPS) is 17.2. The number of aliphatic hydroxyl groups is 1. The first kappa shape index (κ1) is 19.8. The van der Waals surface area contributed by atoms with Gasteiger partial charge in [0, 0.05) is 12.5 Å². The van der Waals surface area contributed by atoms with E-state index in [-0.39, 0.29) is 17.3 Å². The first-order chi connectivity index (χ1) is 12.4. The number of benzene rings is 1. The number of nitrogens with zero attached hydrogens (tertiary/aromatic N) is 1. The highest BCUT2D eigenvalue weighted by Gasteiger charge is 2.43. The number of carbonyl (C=O) groups excluding carboxylic acids is 2. The van der Waals surface area contributed by atoms with Gasteiger partial charge in [-0.2, -0.15) is 0 Å². The molecule has 0 aliphatic carbocycles. The molecule has 1 atom stereocenters. The summed E-state index contributed by atoms with van der Waals surface area (Å²) >= 11 is 0. The van der Waals surface area contributed by atoms with Crippen molar-refractivity contribution >= 4 is 11.7 Å². The molecule has 0 aromatic heterocycles. The molecule has 1 unspecified atom stereocenters. The van der Waals surface area contributed by atoms with Gasteiger partial charge in [0.2, 0.25) is 0 Å². The fourth-order valence-electron chi connectivity index (χ4n) is 3.05. The smallest absolute Gasteiger partial charge is 0.290 e. The number of ketones is 1. The predicted octanol–water partition coefficient (Wildman–Crippen LogP) is 3.97. The molecule has 1 N–H and O–H groups in total. The first-order valence-electron chi connectivity index (χ1n) is 9.04. The van der Waals surface area contributed by atoms with E-state index in [2.05, 4.69) is 6.58 Å². The molecule has 0 fully saturated rings. The SMILES string of the molecule is C=CCOc1cccc(C2C(C(=O)C(C)C)=C(O)C(=O)N2CCCC)c1. The Morgan fingerprint density at radius 3 is 2.77 bits per heavy atom.